The molecule has 1 aromatic heterocycles. The van der Waals surface area contributed by atoms with E-state index in [1.165, 1.54) is 0 Å². The van der Waals surface area contributed by atoms with Crippen LogP contribution in [0.1, 0.15) is 27.3 Å². The number of hydrogen-bond donors (Lipinski definition) is 3. The highest BCUT2D eigenvalue weighted by Crippen LogP contribution is 2.30. The van der Waals surface area contributed by atoms with Crippen LogP contribution >= 0.6 is 0 Å². The molecule has 0 saturated carbocycles. The van der Waals surface area contributed by atoms with Crippen LogP contribution in [-0.4, -0.2) is 35.9 Å². The Bertz CT molecular complexity index is 741. The molecule has 0 atom stereocenters. The van der Waals surface area contributed by atoms with Gasteiger partial charge in [-0.3, -0.25) is 9.89 Å². The number of aromatic nitrogens is 2. The van der Waals surface area contributed by atoms with Crippen molar-refractivity contribution in [3.05, 3.63) is 40.7 Å². The van der Waals surface area contributed by atoms with Crippen LogP contribution in [0, 0.1) is 0 Å². The van der Waals surface area contributed by atoms with E-state index in [1.54, 1.807) is 0 Å². The van der Waals surface area contributed by atoms with E-state index in [2.05, 4.69) is 20.8 Å². The van der Waals surface area contributed by atoms with Gasteiger partial charge < -0.3 is 20.1 Å². The lowest BCUT2D eigenvalue weighted by Gasteiger charge is -2.19. The first-order valence-electron chi connectivity index (χ1n) is 7.75. The fourth-order valence-corrected chi connectivity index (χ4v) is 2.88. The molecule has 1 amide bonds. The molecule has 0 aliphatic carbocycles. The normalized spacial score (nSPS) is 15.8. The fourth-order valence-electron chi connectivity index (χ4n) is 2.88. The summed E-state index contributed by atoms with van der Waals surface area (Å²) in [6.07, 6.45) is 0.873. The maximum Gasteiger partial charge on any atom is 0.272 e. The van der Waals surface area contributed by atoms with Crippen LogP contribution in [0.5, 0.6) is 11.5 Å². The van der Waals surface area contributed by atoms with Crippen molar-refractivity contribution < 1.29 is 14.3 Å². The molecule has 7 heteroatoms. The first-order chi connectivity index (χ1) is 11.3. The molecular weight excluding hydrogens is 296 g/mol. The standard InChI is InChI=1S/C16H18N4O3/c21-16(15-11-9-17-4-3-12(11)19-20-15)18-8-10-1-2-13-14(7-10)23-6-5-22-13/h1-2,7,17H,3-6,8-9H2,(H,18,21)(H,19,20). The molecule has 120 valence electrons. The van der Waals surface area contributed by atoms with Crippen molar-refractivity contribution in [2.45, 2.75) is 19.5 Å². The first-order valence-corrected chi connectivity index (χ1v) is 7.75. The van der Waals surface area contributed by atoms with Gasteiger partial charge in [-0.25, -0.2) is 0 Å². The van der Waals surface area contributed by atoms with Gasteiger partial charge in [-0.15, -0.1) is 0 Å². The number of fused-ring (bicyclic) bond motifs is 2. The fraction of sp³-hybridized carbons (Fsp3) is 0.375. The van der Waals surface area contributed by atoms with Crippen molar-refractivity contribution in [3.8, 4) is 11.5 Å². The van der Waals surface area contributed by atoms with E-state index in [-0.39, 0.29) is 5.91 Å². The third-order valence-electron chi connectivity index (χ3n) is 4.08. The van der Waals surface area contributed by atoms with Gasteiger partial charge in [-0.2, -0.15) is 5.10 Å². The molecule has 2 aliphatic heterocycles. The average Bonchev–Trinajstić information content (AvgIpc) is 3.03. The number of ether oxygens (including phenoxy) is 2. The number of aromatic amines is 1. The second-order valence-corrected chi connectivity index (χ2v) is 5.62. The largest absolute Gasteiger partial charge is 0.486 e. The molecule has 0 spiro atoms. The maximum absolute atomic E-state index is 12.4. The number of hydrogen-bond acceptors (Lipinski definition) is 5. The summed E-state index contributed by atoms with van der Waals surface area (Å²) >= 11 is 0. The number of carbonyl (C=O) groups is 1. The summed E-state index contributed by atoms with van der Waals surface area (Å²) in [5, 5.41) is 13.3. The van der Waals surface area contributed by atoms with Crippen LogP contribution in [-0.2, 0) is 19.5 Å². The van der Waals surface area contributed by atoms with Crippen LogP contribution in [0.2, 0.25) is 0 Å². The maximum atomic E-state index is 12.4. The van der Waals surface area contributed by atoms with Crippen LogP contribution in [0.4, 0.5) is 0 Å². The molecule has 7 nitrogen and oxygen atoms in total. The Balaban J connectivity index is 1.44. The van der Waals surface area contributed by atoms with Crippen molar-refractivity contribution in [3.63, 3.8) is 0 Å². The minimum Gasteiger partial charge on any atom is -0.486 e. The highest BCUT2D eigenvalue weighted by molar-refractivity contribution is 5.94. The Morgan fingerprint density at radius 1 is 1.26 bits per heavy atom. The number of amides is 1. The lowest BCUT2D eigenvalue weighted by Crippen LogP contribution is -2.28. The Kier molecular flexibility index (Phi) is 3.63. The second-order valence-electron chi connectivity index (χ2n) is 5.62. The number of carbonyl (C=O) groups excluding carboxylic acids is 1. The number of benzene rings is 1. The minimum absolute atomic E-state index is 0.166. The highest BCUT2D eigenvalue weighted by Gasteiger charge is 2.21. The predicted molar refractivity (Wildman–Crippen MR) is 82.6 cm³/mol. The number of nitrogens with one attached hydrogen (secondary N) is 3. The minimum atomic E-state index is -0.166. The van der Waals surface area contributed by atoms with Crippen LogP contribution in [0.25, 0.3) is 0 Å². The second kappa shape index (κ2) is 5.92. The lowest BCUT2D eigenvalue weighted by molar-refractivity contribution is 0.0944. The van der Waals surface area contributed by atoms with Gasteiger partial charge in [0.15, 0.2) is 17.2 Å². The molecule has 3 heterocycles. The average molecular weight is 314 g/mol. The molecule has 23 heavy (non-hydrogen) atoms. The Labute approximate surface area is 133 Å². The van der Waals surface area contributed by atoms with E-state index in [4.69, 9.17) is 9.47 Å². The number of H-pyrrole nitrogens is 1. The molecule has 4 rings (SSSR count). The van der Waals surface area contributed by atoms with Crippen molar-refractivity contribution in [2.75, 3.05) is 19.8 Å². The van der Waals surface area contributed by atoms with Gasteiger partial charge in [-0.1, -0.05) is 6.07 Å². The van der Waals surface area contributed by atoms with Crippen LogP contribution < -0.4 is 20.1 Å². The van der Waals surface area contributed by atoms with E-state index in [9.17, 15) is 4.79 Å². The van der Waals surface area contributed by atoms with Gasteiger partial charge in [0.1, 0.15) is 13.2 Å². The van der Waals surface area contributed by atoms with Gasteiger partial charge in [0.25, 0.3) is 5.91 Å². The molecule has 0 saturated heterocycles. The lowest BCUT2D eigenvalue weighted by atomic mass is 10.1. The summed E-state index contributed by atoms with van der Waals surface area (Å²) in [5.41, 5.74) is 3.46. The SMILES string of the molecule is O=C(NCc1ccc2c(c1)OCCO2)c1n[nH]c2c1CNCC2. The summed E-state index contributed by atoms with van der Waals surface area (Å²) in [6.45, 7) is 3.13. The summed E-state index contributed by atoms with van der Waals surface area (Å²) in [4.78, 5) is 12.4. The van der Waals surface area contributed by atoms with E-state index < -0.39 is 0 Å². The molecule has 0 bridgehead atoms. The van der Waals surface area contributed by atoms with E-state index in [1.807, 2.05) is 18.2 Å². The molecule has 0 radical (unpaired) electrons. The molecule has 2 aromatic rings. The summed E-state index contributed by atoms with van der Waals surface area (Å²) < 4.78 is 11.0. The van der Waals surface area contributed by atoms with Gasteiger partial charge in [0, 0.05) is 37.3 Å². The van der Waals surface area contributed by atoms with Crippen molar-refractivity contribution >= 4 is 5.91 Å². The number of nitrogens with zero attached hydrogens (tertiary/aromatic N) is 1. The quantitative estimate of drug-likeness (QED) is 0.778. The summed E-state index contributed by atoms with van der Waals surface area (Å²) in [5.74, 6) is 1.31. The van der Waals surface area contributed by atoms with Crippen molar-refractivity contribution in [2.24, 2.45) is 0 Å². The summed E-state index contributed by atoms with van der Waals surface area (Å²) in [7, 11) is 0. The van der Waals surface area contributed by atoms with E-state index >= 15 is 0 Å². The molecule has 2 aliphatic rings. The Morgan fingerprint density at radius 2 is 2.13 bits per heavy atom. The Morgan fingerprint density at radius 3 is 3.04 bits per heavy atom. The molecule has 0 unspecified atom stereocenters. The summed E-state index contributed by atoms with van der Waals surface area (Å²) in [6, 6.07) is 5.70. The molecule has 3 N–H and O–H groups in total. The topological polar surface area (TPSA) is 88.3 Å². The molecule has 0 fully saturated rings. The van der Waals surface area contributed by atoms with Crippen LogP contribution in [0.15, 0.2) is 18.2 Å². The van der Waals surface area contributed by atoms with E-state index in [0.29, 0.717) is 32.0 Å². The highest BCUT2D eigenvalue weighted by atomic mass is 16.6. The first kappa shape index (κ1) is 14.1. The van der Waals surface area contributed by atoms with Gasteiger partial charge in [0.05, 0.1) is 0 Å². The number of rotatable bonds is 3. The third-order valence-corrected chi connectivity index (χ3v) is 4.08. The smallest absolute Gasteiger partial charge is 0.272 e. The predicted octanol–water partition coefficient (Wildman–Crippen LogP) is 0.757. The molecule has 1 aromatic carbocycles. The van der Waals surface area contributed by atoms with Gasteiger partial charge in [-0.05, 0) is 17.7 Å². The van der Waals surface area contributed by atoms with Crippen molar-refractivity contribution in [1.82, 2.24) is 20.8 Å². The third kappa shape index (κ3) is 2.75. The van der Waals surface area contributed by atoms with Crippen molar-refractivity contribution in [1.29, 1.82) is 0 Å². The zero-order chi connectivity index (χ0) is 15.6. The monoisotopic (exact) mass is 314 g/mol. The van der Waals surface area contributed by atoms with Gasteiger partial charge in [0.2, 0.25) is 0 Å². The Hall–Kier alpha value is -2.54. The van der Waals surface area contributed by atoms with Crippen LogP contribution in [0.3, 0.4) is 0 Å². The van der Waals surface area contributed by atoms with Gasteiger partial charge >= 0.3 is 0 Å². The zero-order valence-electron chi connectivity index (χ0n) is 12.6. The molecular formula is C16H18N4O3. The zero-order valence-corrected chi connectivity index (χ0v) is 12.6. The van der Waals surface area contributed by atoms with E-state index in [0.717, 1.165) is 41.3 Å².